The standard InChI is InChI=1S/C28H20ClF3N4O2S/c29-21-14-13-20(28(30,31)32)16-22(21)33-26(37)24(19-10-5-2-6-11-19)39-27-35-34-25(23-12-7-15-38-23)36(27)17-18-8-3-1-4-9-18/h1-16,24H,17H2,(H,33,37). The van der Waals surface area contributed by atoms with Crippen molar-refractivity contribution in [3.8, 4) is 11.6 Å². The molecule has 6 nitrogen and oxygen atoms in total. The van der Waals surface area contributed by atoms with Gasteiger partial charge in [-0.25, -0.2) is 0 Å². The van der Waals surface area contributed by atoms with Crippen molar-refractivity contribution in [2.75, 3.05) is 5.32 Å². The van der Waals surface area contributed by atoms with Crippen LogP contribution in [0.1, 0.15) is 21.9 Å². The average molecular weight is 569 g/mol. The topological polar surface area (TPSA) is 73.0 Å². The first kappa shape index (κ1) is 26.6. The van der Waals surface area contributed by atoms with Gasteiger partial charge in [-0.15, -0.1) is 10.2 Å². The number of halogens is 4. The number of thioether (sulfide) groups is 1. The molecule has 5 aromatic rings. The molecule has 0 bridgehead atoms. The molecule has 0 saturated heterocycles. The lowest BCUT2D eigenvalue weighted by atomic mass is 10.1. The maximum atomic E-state index is 13.6. The maximum Gasteiger partial charge on any atom is 0.416 e. The van der Waals surface area contributed by atoms with Gasteiger partial charge in [0.1, 0.15) is 5.25 Å². The minimum absolute atomic E-state index is 0.0134. The monoisotopic (exact) mass is 568 g/mol. The molecule has 1 unspecified atom stereocenters. The number of aromatic nitrogens is 3. The first-order valence-corrected chi connectivity index (χ1v) is 13.0. The van der Waals surface area contributed by atoms with E-state index in [0.29, 0.717) is 28.8 Å². The molecular weight excluding hydrogens is 549 g/mol. The summed E-state index contributed by atoms with van der Waals surface area (Å²) in [6.07, 6.45) is -3.06. The lowest BCUT2D eigenvalue weighted by Crippen LogP contribution is -2.20. The molecule has 11 heteroatoms. The molecule has 0 fully saturated rings. The number of furan rings is 1. The number of anilines is 1. The summed E-state index contributed by atoms with van der Waals surface area (Å²) in [7, 11) is 0. The number of rotatable bonds is 8. The SMILES string of the molecule is O=C(Nc1cc(C(F)(F)F)ccc1Cl)C(Sc1nnc(-c2ccco2)n1Cc1ccccc1)c1ccccc1. The summed E-state index contributed by atoms with van der Waals surface area (Å²) >= 11 is 7.27. The summed E-state index contributed by atoms with van der Waals surface area (Å²) in [5.74, 6) is 0.405. The van der Waals surface area contributed by atoms with E-state index in [1.807, 2.05) is 34.9 Å². The van der Waals surface area contributed by atoms with Crippen molar-refractivity contribution in [1.29, 1.82) is 0 Å². The van der Waals surface area contributed by atoms with Crippen molar-refractivity contribution >= 4 is 35.0 Å². The van der Waals surface area contributed by atoms with Gasteiger partial charge in [-0.2, -0.15) is 13.2 Å². The molecule has 0 aliphatic rings. The van der Waals surface area contributed by atoms with Gasteiger partial charge in [-0.1, -0.05) is 84.0 Å². The van der Waals surface area contributed by atoms with Gasteiger partial charge in [0.05, 0.1) is 29.1 Å². The highest BCUT2D eigenvalue weighted by Crippen LogP contribution is 2.39. The third kappa shape index (κ3) is 6.18. The van der Waals surface area contributed by atoms with E-state index in [4.69, 9.17) is 16.0 Å². The van der Waals surface area contributed by atoms with E-state index in [1.54, 1.807) is 42.5 Å². The summed E-state index contributed by atoms with van der Waals surface area (Å²) in [4.78, 5) is 13.6. The summed E-state index contributed by atoms with van der Waals surface area (Å²) < 4.78 is 47.3. The second-order valence-electron chi connectivity index (χ2n) is 8.45. The van der Waals surface area contributed by atoms with E-state index >= 15 is 0 Å². The lowest BCUT2D eigenvalue weighted by molar-refractivity contribution is -0.137. The summed E-state index contributed by atoms with van der Waals surface area (Å²) in [6.45, 7) is 0.398. The van der Waals surface area contributed by atoms with Gasteiger partial charge in [0.25, 0.3) is 0 Å². The molecule has 3 aromatic carbocycles. The van der Waals surface area contributed by atoms with Crippen LogP contribution in [0.15, 0.2) is 107 Å². The van der Waals surface area contributed by atoms with Gasteiger partial charge in [0.15, 0.2) is 10.9 Å². The molecule has 1 N–H and O–H groups in total. The smallest absolute Gasteiger partial charge is 0.416 e. The van der Waals surface area contributed by atoms with Gasteiger partial charge in [0.2, 0.25) is 11.7 Å². The molecule has 5 rings (SSSR count). The maximum absolute atomic E-state index is 13.6. The van der Waals surface area contributed by atoms with Crippen molar-refractivity contribution in [1.82, 2.24) is 14.8 Å². The third-order valence-corrected chi connectivity index (χ3v) is 7.32. The molecular formula is C28H20ClF3N4O2S. The van der Waals surface area contributed by atoms with E-state index in [9.17, 15) is 18.0 Å². The molecule has 0 radical (unpaired) electrons. The molecule has 39 heavy (non-hydrogen) atoms. The Kier molecular flexibility index (Phi) is 7.76. The van der Waals surface area contributed by atoms with E-state index in [2.05, 4.69) is 15.5 Å². The first-order valence-electron chi connectivity index (χ1n) is 11.7. The van der Waals surface area contributed by atoms with Crippen LogP contribution in [0.25, 0.3) is 11.6 Å². The van der Waals surface area contributed by atoms with Crippen LogP contribution < -0.4 is 5.32 Å². The normalized spacial score (nSPS) is 12.3. The van der Waals surface area contributed by atoms with Crippen LogP contribution >= 0.6 is 23.4 Å². The van der Waals surface area contributed by atoms with Crippen LogP contribution in [0, 0.1) is 0 Å². The number of carbonyl (C=O) groups is 1. The summed E-state index contributed by atoms with van der Waals surface area (Å²) in [5.41, 5.74) is 0.539. The Labute approximate surface area is 230 Å². The molecule has 0 saturated carbocycles. The molecule has 1 atom stereocenters. The fourth-order valence-electron chi connectivity index (χ4n) is 3.87. The van der Waals surface area contributed by atoms with Gasteiger partial charge in [-0.3, -0.25) is 9.36 Å². The summed E-state index contributed by atoms with van der Waals surface area (Å²) in [5, 5.41) is 10.8. The average Bonchev–Trinajstić information content (AvgIpc) is 3.59. The summed E-state index contributed by atoms with van der Waals surface area (Å²) in [6, 6.07) is 24.8. The number of carbonyl (C=O) groups excluding carboxylic acids is 1. The first-order chi connectivity index (χ1) is 18.8. The molecule has 1 amide bonds. The van der Waals surface area contributed by atoms with E-state index in [1.165, 1.54) is 6.26 Å². The van der Waals surface area contributed by atoms with Crippen molar-refractivity contribution < 1.29 is 22.4 Å². The highest BCUT2D eigenvalue weighted by molar-refractivity contribution is 8.00. The van der Waals surface area contributed by atoms with Crippen molar-refractivity contribution in [3.63, 3.8) is 0 Å². The fourth-order valence-corrected chi connectivity index (χ4v) is 5.08. The van der Waals surface area contributed by atoms with Crippen LogP contribution in [0.5, 0.6) is 0 Å². The Balaban J connectivity index is 1.51. The Morgan fingerprint density at radius 2 is 1.69 bits per heavy atom. The molecule has 0 spiro atoms. The zero-order chi connectivity index (χ0) is 27.4. The van der Waals surface area contributed by atoms with E-state index in [0.717, 1.165) is 35.5 Å². The number of amides is 1. The van der Waals surface area contributed by atoms with Crippen molar-refractivity contribution in [2.24, 2.45) is 0 Å². The molecule has 0 aliphatic carbocycles. The zero-order valence-corrected chi connectivity index (χ0v) is 21.7. The quantitative estimate of drug-likeness (QED) is 0.194. The van der Waals surface area contributed by atoms with Crippen molar-refractivity contribution in [2.45, 2.75) is 23.1 Å². The minimum atomic E-state index is -4.59. The van der Waals surface area contributed by atoms with Crippen LogP contribution in [0.2, 0.25) is 5.02 Å². The van der Waals surface area contributed by atoms with Gasteiger partial charge >= 0.3 is 6.18 Å². The fraction of sp³-hybridized carbons (Fsp3) is 0.107. The van der Waals surface area contributed by atoms with Gasteiger partial charge in [-0.05, 0) is 41.5 Å². The zero-order valence-electron chi connectivity index (χ0n) is 20.1. The molecule has 2 heterocycles. The minimum Gasteiger partial charge on any atom is -0.461 e. The highest BCUT2D eigenvalue weighted by Gasteiger charge is 2.32. The Bertz CT molecular complexity index is 1560. The van der Waals surface area contributed by atoms with Crippen LogP contribution in [-0.4, -0.2) is 20.7 Å². The van der Waals surface area contributed by atoms with Gasteiger partial charge in [0, 0.05) is 0 Å². The highest BCUT2D eigenvalue weighted by atomic mass is 35.5. The number of hydrogen-bond acceptors (Lipinski definition) is 5. The van der Waals surface area contributed by atoms with Crippen molar-refractivity contribution in [3.05, 3.63) is 119 Å². The molecule has 2 aromatic heterocycles. The lowest BCUT2D eigenvalue weighted by Gasteiger charge is -2.19. The predicted octanol–water partition coefficient (Wildman–Crippen LogP) is 7.73. The Hall–Kier alpha value is -4.02. The van der Waals surface area contributed by atoms with E-state index < -0.39 is 22.9 Å². The van der Waals surface area contributed by atoms with Gasteiger partial charge < -0.3 is 9.73 Å². The molecule has 198 valence electrons. The number of benzene rings is 3. The van der Waals surface area contributed by atoms with Crippen LogP contribution in [0.3, 0.4) is 0 Å². The Morgan fingerprint density at radius 1 is 0.974 bits per heavy atom. The largest absolute Gasteiger partial charge is 0.461 e. The van der Waals surface area contributed by atoms with Crippen LogP contribution in [-0.2, 0) is 17.5 Å². The molecule has 0 aliphatic heterocycles. The van der Waals surface area contributed by atoms with Crippen LogP contribution in [0.4, 0.5) is 18.9 Å². The second kappa shape index (κ2) is 11.4. The number of nitrogens with one attached hydrogen (secondary N) is 1. The number of alkyl halides is 3. The predicted molar refractivity (Wildman–Crippen MR) is 143 cm³/mol. The Morgan fingerprint density at radius 3 is 2.36 bits per heavy atom. The number of hydrogen-bond donors (Lipinski definition) is 1. The number of nitrogens with zero attached hydrogens (tertiary/aromatic N) is 3. The third-order valence-electron chi connectivity index (χ3n) is 5.76. The van der Waals surface area contributed by atoms with E-state index in [-0.39, 0.29) is 10.7 Å². The second-order valence-corrected chi connectivity index (χ2v) is 9.92.